The van der Waals surface area contributed by atoms with Crippen LogP contribution in [0.3, 0.4) is 0 Å². The molecular weight excluding hydrogens is 554 g/mol. The number of unbranched alkanes of at least 4 members (excludes halogenated alkanes) is 2. The molecule has 1 aliphatic heterocycles. The molecule has 1 amide bonds. The highest BCUT2D eigenvalue weighted by Crippen LogP contribution is 2.29. The van der Waals surface area contributed by atoms with Gasteiger partial charge in [-0.25, -0.2) is 4.79 Å². The maximum atomic E-state index is 13.0. The van der Waals surface area contributed by atoms with Gasteiger partial charge >= 0.3 is 18.3 Å². The molecule has 1 saturated heterocycles. The number of nitrogens with one attached hydrogen (secondary N) is 1. The molecule has 226 valence electrons. The van der Waals surface area contributed by atoms with Crippen molar-refractivity contribution in [2.45, 2.75) is 57.4 Å². The van der Waals surface area contributed by atoms with Gasteiger partial charge in [0.05, 0.1) is 18.1 Å². The minimum absolute atomic E-state index is 0.0199. The lowest BCUT2D eigenvalue weighted by molar-refractivity contribution is -0.274. The summed E-state index contributed by atoms with van der Waals surface area (Å²) in [6.45, 7) is -0.741. The molecule has 2 atom stereocenters. The molecule has 0 saturated carbocycles. The number of benzene rings is 1. The average molecular weight is 587 g/mol. The monoisotopic (exact) mass is 586 g/mol. The number of piperidine rings is 1. The summed E-state index contributed by atoms with van der Waals surface area (Å²) in [6, 6.07) is 2.50. The largest absolute Gasteiger partial charge is 0.484 e. The van der Waals surface area contributed by atoms with Gasteiger partial charge < -0.3 is 19.6 Å². The molecule has 1 N–H and O–H groups in total. The smallest absolute Gasteiger partial charge is 0.422 e. The zero-order valence-electron chi connectivity index (χ0n) is 21.8. The van der Waals surface area contributed by atoms with Gasteiger partial charge in [-0.2, -0.15) is 31.2 Å². The average Bonchev–Trinajstić information content (AvgIpc) is 2.90. The Morgan fingerprint density at radius 2 is 1.75 bits per heavy atom. The molecule has 1 aromatic carbocycles. The third kappa shape index (κ3) is 12.0. The van der Waals surface area contributed by atoms with Gasteiger partial charge in [0.1, 0.15) is 17.8 Å². The van der Waals surface area contributed by atoms with Crippen LogP contribution in [0.25, 0.3) is 0 Å². The Morgan fingerprint density at radius 1 is 1.05 bits per heavy atom. The molecule has 1 aromatic rings. The first-order valence-electron chi connectivity index (χ1n) is 12.6. The van der Waals surface area contributed by atoms with Crippen LogP contribution in [0.1, 0.15) is 49.4 Å². The predicted molar refractivity (Wildman–Crippen MR) is 128 cm³/mol. The molecule has 9 nitrogen and oxygen atoms in total. The minimum Gasteiger partial charge on any atom is -0.484 e. The van der Waals surface area contributed by atoms with E-state index in [-0.39, 0.29) is 31.5 Å². The van der Waals surface area contributed by atoms with E-state index in [4.69, 9.17) is 14.5 Å². The highest BCUT2D eigenvalue weighted by molar-refractivity contribution is 5.97. The number of nitrogens with zero attached hydrogens (tertiary/aromatic N) is 1. The number of carbonyl (C=O) groups excluding carboxylic acids is 3. The van der Waals surface area contributed by atoms with Crippen molar-refractivity contribution in [3.05, 3.63) is 23.8 Å². The van der Waals surface area contributed by atoms with E-state index in [2.05, 4.69) is 10.1 Å². The molecule has 1 aliphatic rings. The van der Waals surface area contributed by atoms with E-state index < -0.39 is 54.7 Å². The van der Waals surface area contributed by atoms with Crippen LogP contribution in [0.15, 0.2) is 18.2 Å². The molecule has 0 spiro atoms. The van der Waals surface area contributed by atoms with Crippen molar-refractivity contribution in [1.82, 2.24) is 10.2 Å². The van der Waals surface area contributed by atoms with Gasteiger partial charge in [0.25, 0.3) is 5.91 Å². The fourth-order valence-corrected chi connectivity index (χ4v) is 4.06. The van der Waals surface area contributed by atoms with Crippen molar-refractivity contribution < 1.29 is 60.0 Å². The zero-order valence-corrected chi connectivity index (χ0v) is 21.8. The van der Waals surface area contributed by atoms with Crippen LogP contribution >= 0.6 is 0 Å². The third-order valence-corrected chi connectivity index (χ3v) is 5.92. The summed E-state index contributed by atoms with van der Waals surface area (Å²) < 4.78 is 85.1. The quantitative estimate of drug-likeness (QED) is 0.107. The molecule has 0 radical (unpaired) electrons. The molecule has 15 heteroatoms. The molecule has 0 aromatic heterocycles. The summed E-state index contributed by atoms with van der Waals surface area (Å²) in [7, 11) is 0. The first kappa shape index (κ1) is 33.1. The Labute approximate surface area is 227 Å². The normalized spacial score (nSPS) is 18.2. The van der Waals surface area contributed by atoms with E-state index in [1.807, 2.05) is 4.90 Å². The van der Waals surface area contributed by atoms with Crippen LogP contribution in [0, 0.1) is 5.92 Å². The Morgan fingerprint density at radius 3 is 2.40 bits per heavy atom. The van der Waals surface area contributed by atoms with Crippen molar-refractivity contribution in [2.24, 2.45) is 5.92 Å². The van der Waals surface area contributed by atoms with E-state index >= 15 is 0 Å². The Kier molecular flexibility index (Phi) is 13.0. The van der Waals surface area contributed by atoms with Crippen LogP contribution in [-0.2, 0) is 19.4 Å². The van der Waals surface area contributed by atoms with Gasteiger partial charge in [0.15, 0.2) is 13.2 Å². The van der Waals surface area contributed by atoms with E-state index in [9.17, 15) is 40.7 Å². The Bertz CT molecular complexity index is 974. The first-order chi connectivity index (χ1) is 18.8. The Hall–Kier alpha value is -3.07. The number of alkyl halides is 6. The molecule has 40 heavy (non-hydrogen) atoms. The number of likely N-dealkylation sites (tertiary alicyclic amines) is 1. The number of rotatable bonds is 15. The summed E-state index contributed by atoms with van der Waals surface area (Å²) >= 11 is 0. The number of ether oxygens (including phenoxy) is 2. The third-order valence-electron chi connectivity index (χ3n) is 5.92. The summed E-state index contributed by atoms with van der Waals surface area (Å²) in [4.78, 5) is 47.4. The minimum atomic E-state index is -4.72. The fourth-order valence-electron chi connectivity index (χ4n) is 4.06. The van der Waals surface area contributed by atoms with Crippen molar-refractivity contribution in [3.8, 4) is 11.5 Å². The summed E-state index contributed by atoms with van der Waals surface area (Å²) in [6.07, 6.45) is -6.13. The number of amides is 1. The van der Waals surface area contributed by atoms with Gasteiger partial charge in [-0.1, -0.05) is 0 Å². The highest BCUT2D eigenvalue weighted by Gasteiger charge is 2.34. The predicted octanol–water partition coefficient (Wildman–Crippen LogP) is 4.24. The van der Waals surface area contributed by atoms with Crippen LogP contribution in [0.5, 0.6) is 11.5 Å². The van der Waals surface area contributed by atoms with E-state index in [1.54, 1.807) is 6.92 Å². The molecule has 2 unspecified atom stereocenters. The van der Waals surface area contributed by atoms with E-state index in [0.29, 0.717) is 38.6 Å². The summed E-state index contributed by atoms with van der Waals surface area (Å²) in [5.41, 5.74) is -0.435. The van der Waals surface area contributed by atoms with Crippen LogP contribution in [0.2, 0.25) is 0 Å². The molecule has 2 rings (SSSR count). The maximum Gasteiger partial charge on any atom is 0.422 e. The van der Waals surface area contributed by atoms with Crippen LogP contribution in [0.4, 0.5) is 26.3 Å². The summed E-state index contributed by atoms with van der Waals surface area (Å²) in [5, 5.41) is 2.60. The van der Waals surface area contributed by atoms with Crippen LogP contribution < -0.4 is 14.8 Å². The molecular formula is C25H32F6N2O7. The van der Waals surface area contributed by atoms with E-state index in [0.717, 1.165) is 24.5 Å². The lowest BCUT2D eigenvalue weighted by Crippen LogP contribution is -2.51. The van der Waals surface area contributed by atoms with Gasteiger partial charge in [-0.05, 0) is 57.4 Å². The van der Waals surface area contributed by atoms with Gasteiger partial charge in [-0.15, -0.1) is 0 Å². The van der Waals surface area contributed by atoms with Gasteiger partial charge in [0, 0.05) is 25.6 Å². The first-order valence-corrected chi connectivity index (χ1v) is 12.6. The lowest BCUT2D eigenvalue weighted by Gasteiger charge is -2.38. The van der Waals surface area contributed by atoms with Crippen molar-refractivity contribution in [2.75, 3.05) is 39.5 Å². The van der Waals surface area contributed by atoms with E-state index in [1.165, 1.54) is 0 Å². The molecule has 0 aliphatic carbocycles. The fraction of sp³-hybridized carbons (Fsp3) is 0.640. The number of hydrogen-bond donors (Lipinski definition) is 1. The SMILES string of the molecule is CCOOC(=O)C1CCC(CNC(=O)c2cc(OCC(F)(F)F)ccc2OCC(F)(F)F)N(CCCCC=O)C1. The number of halogens is 6. The number of hydrogen-bond acceptors (Lipinski definition) is 8. The van der Waals surface area contributed by atoms with Gasteiger partial charge in [0.2, 0.25) is 0 Å². The molecule has 1 fully saturated rings. The van der Waals surface area contributed by atoms with Crippen molar-refractivity contribution >= 4 is 18.2 Å². The standard InChI is InChI=1S/C25H32F6N2O7/c1-2-39-40-23(36)17-6-7-18(33(14-17)10-4-3-5-11-34)13-32-22(35)20-12-19(37-15-24(26,27)28)8-9-21(20)38-16-25(29,30)31/h8-9,11-12,17-18H,2-7,10,13-16H2,1H3,(H,32,35). The van der Waals surface area contributed by atoms with Crippen LogP contribution in [-0.4, -0.2) is 80.9 Å². The second kappa shape index (κ2) is 15.6. The molecule has 1 heterocycles. The maximum absolute atomic E-state index is 13.0. The second-order valence-electron chi connectivity index (χ2n) is 9.07. The zero-order chi connectivity index (χ0) is 29.8. The number of aldehydes is 1. The molecule has 0 bridgehead atoms. The van der Waals surface area contributed by atoms with Gasteiger partial charge in [-0.3, -0.25) is 14.6 Å². The van der Waals surface area contributed by atoms with Crippen molar-refractivity contribution in [1.29, 1.82) is 0 Å². The number of carbonyl (C=O) groups is 3. The summed E-state index contributed by atoms with van der Waals surface area (Å²) in [5.74, 6) is -2.78. The lowest BCUT2D eigenvalue weighted by atomic mass is 9.92. The highest BCUT2D eigenvalue weighted by atomic mass is 19.4. The van der Waals surface area contributed by atoms with Crippen molar-refractivity contribution in [3.63, 3.8) is 0 Å². The second-order valence-corrected chi connectivity index (χ2v) is 9.07. The topological polar surface area (TPSA) is 103 Å². The Balaban J connectivity index is 2.14.